The van der Waals surface area contributed by atoms with Gasteiger partial charge in [-0.05, 0) is 32.3 Å². The Bertz CT molecular complexity index is 1110. The minimum Gasteiger partial charge on any atom is -0.410 e. The molecule has 32 heavy (non-hydrogen) atoms. The molecule has 0 atom stereocenters. The first-order chi connectivity index (χ1) is 15.4. The van der Waals surface area contributed by atoms with Gasteiger partial charge in [-0.15, -0.1) is 0 Å². The van der Waals surface area contributed by atoms with Crippen molar-refractivity contribution in [3.05, 3.63) is 61.1 Å². The molecule has 0 fully saturated rings. The van der Waals surface area contributed by atoms with Gasteiger partial charge in [-0.25, -0.2) is 9.78 Å². The maximum absolute atomic E-state index is 12.3. The largest absolute Gasteiger partial charge is 0.418 e. The van der Waals surface area contributed by atoms with E-state index in [9.17, 15) is 9.59 Å². The number of nitrogens with zero attached hydrogens (tertiary/aromatic N) is 5. The molecule has 3 N–H and O–H groups in total. The number of carbonyl (C=O) groups excluding carboxylic acids is 2. The molecule has 1 aromatic carbocycles. The fourth-order valence-corrected chi connectivity index (χ4v) is 2.53. The molecule has 0 unspecified atom stereocenters. The first kappa shape index (κ1) is 22.4. The minimum atomic E-state index is -0.731. The zero-order valence-corrected chi connectivity index (χ0v) is 17.9. The average molecular weight is 436 g/mol. The summed E-state index contributed by atoms with van der Waals surface area (Å²) in [6.45, 7) is 0.652. The third kappa shape index (κ3) is 7.22. The summed E-state index contributed by atoms with van der Waals surface area (Å²) in [7, 11) is 5.61. The molecule has 0 aliphatic carbocycles. The maximum Gasteiger partial charge on any atom is 0.418 e. The molecule has 3 aromatic rings. The van der Waals surface area contributed by atoms with Crippen molar-refractivity contribution in [3.8, 4) is 5.75 Å². The van der Waals surface area contributed by atoms with Gasteiger partial charge in [0.2, 0.25) is 11.9 Å². The smallest absolute Gasteiger partial charge is 0.410 e. The number of benzene rings is 1. The average Bonchev–Trinajstić information content (AvgIpc) is 3.12. The number of rotatable bonds is 8. The van der Waals surface area contributed by atoms with Gasteiger partial charge >= 0.3 is 6.09 Å². The van der Waals surface area contributed by atoms with Crippen LogP contribution in [0.4, 0.5) is 27.9 Å². The van der Waals surface area contributed by atoms with Gasteiger partial charge in [-0.3, -0.25) is 14.8 Å². The molecule has 0 spiro atoms. The highest BCUT2D eigenvalue weighted by Gasteiger charge is 2.09. The zero-order valence-electron chi connectivity index (χ0n) is 17.9. The van der Waals surface area contributed by atoms with Crippen molar-refractivity contribution in [3.63, 3.8) is 0 Å². The summed E-state index contributed by atoms with van der Waals surface area (Å²) in [5.74, 6) is 0.540. The molecule has 2 aromatic heterocycles. The van der Waals surface area contributed by atoms with Gasteiger partial charge in [-0.1, -0.05) is 12.1 Å². The third-order valence-corrected chi connectivity index (χ3v) is 3.90. The summed E-state index contributed by atoms with van der Waals surface area (Å²) in [6, 6.07) is 8.05. The Labute approximate surface area is 185 Å². The van der Waals surface area contributed by atoms with Gasteiger partial charge in [0.25, 0.3) is 0 Å². The molecule has 2 heterocycles. The van der Waals surface area contributed by atoms with E-state index < -0.39 is 6.09 Å². The van der Waals surface area contributed by atoms with Crippen molar-refractivity contribution in [1.29, 1.82) is 0 Å². The zero-order chi connectivity index (χ0) is 22.9. The molecule has 0 aliphatic rings. The number of likely N-dealkylation sites (N-methyl/N-ethyl adjacent to an activating group) is 1. The molecule has 166 valence electrons. The Hall–Kier alpha value is -4.25. The predicted octanol–water partition coefficient (Wildman–Crippen LogP) is 2.62. The van der Waals surface area contributed by atoms with Crippen LogP contribution in [0.25, 0.3) is 0 Å². The topological polar surface area (TPSA) is 126 Å². The van der Waals surface area contributed by atoms with Crippen molar-refractivity contribution in [2.45, 2.75) is 0 Å². The summed E-state index contributed by atoms with van der Waals surface area (Å²) in [5, 5.41) is 12.3. The molecule has 3 rings (SSSR count). The Morgan fingerprint density at radius 3 is 2.78 bits per heavy atom. The molecular formula is C21H24N8O3. The number of carbonyl (C=O) groups is 2. The van der Waals surface area contributed by atoms with Crippen molar-refractivity contribution in [1.82, 2.24) is 24.6 Å². The van der Waals surface area contributed by atoms with Crippen LogP contribution in [0.5, 0.6) is 5.75 Å². The van der Waals surface area contributed by atoms with Crippen molar-refractivity contribution < 1.29 is 14.3 Å². The Kier molecular flexibility index (Phi) is 7.49. The normalized spacial score (nSPS) is 10.9. The fourth-order valence-electron chi connectivity index (χ4n) is 2.53. The van der Waals surface area contributed by atoms with Gasteiger partial charge < -0.3 is 20.3 Å². The Morgan fingerprint density at radius 1 is 1.19 bits per heavy atom. The van der Waals surface area contributed by atoms with Crippen LogP contribution in [0, 0.1) is 0 Å². The SMILES string of the molecule is CN(C)C/C=C/C(=O)Nc1cccc(OC(=O)Nc2ccnc(Nc3cnn(C)c3)n2)c1. The van der Waals surface area contributed by atoms with Crippen molar-refractivity contribution in [2.75, 3.05) is 36.6 Å². The Balaban J connectivity index is 1.56. The maximum atomic E-state index is 12.3. The van der Waals surface area contributed by atoms with Crippen LogP contribution in [0.15, 0.2) is 61.1 Å². The molecule has 11 heteroatoms. The van der Waals surface area contributed by atoms with E-state index >= 15 is 0 Å². The standard InChI is InChI=1S/C21H24N8O3/c1-28(2)11-5-8-19(30)24-15-6-4-7-17(12-15)32-21(31)27-18-9-10-22-20(26-18)25-16-13-23-29(3)14-16/h4-10,12-14H,11H2,1-3H3,(H,24,30)(H2,22,25,26,27,31)/b8-5+. The number of amides is 2. The van der Waals surface area contributed by atoms with Crippen LogP contribution in [0.1, 0.15) is 0 Å². The molecule has 0 bridgehead atoms. The first-order valence-corrected chi connectivity index (χ1v) is 9.67. The van der Waals surface area contributed by atoms with E-state index in [2.05, 4.69) is 31.0 Å². The summed E-state index contributed by atoms with van der Waals surface area (Å²) < 4.78 is 6.93. The van der Waals surface area contributed by atoms with Gasteiger partial charge in [0.1, 0.15) is 11.6 Å². The predicted molar refractivity (Wildman–Crippen MR) is 121 cm³/mol. The lowest BCUT2D eigenvalue weighted by Crippen LogP contribution is -2.18. The van der Waals surface area contributed by atoms with Gasteiger partial charge in [0.05, 0.1) is 11.9 Å². The number of ether oxygens (including phenoxy) is 1. The van der Waals surface area contributed by atoms with Gasteiger partial charge in [0.15, 0.2) is 0 Å². The van der Waals surface area contributed by atoms with E-state index in [4.69, 9.17) is 4.74 Å². The summed E-state index contributed by atoms with van der Waals surface area (Å²) in [4.78, 5) is 34.5. The lowest BCUT2D eigenvalue weighted by Gasteiger charge is -2.09. The molecule has 0 radical (unpaired) electrons. The van der Waals surface area contributed by atoms with Gasteiger partial charge in [0, 0.05) is 43.8 Å². The van der Waals surface area contributed by atoms with E-state index in [1.807, 2.05) is 19.0 Å². The number of nitrogens with one attached hydrogen (secondary N) is 3. The molecule has 11 nitrogen and oxygen atoms in total. The molecule has 2 amide bonds. The highest BCUT2D eigenvalue weighted by molar-refractivity contribution is 5.99. The molecule has 0 saturated carbocycles. The third-order valence-electron chi connectivity index (χ3n) is 3.90. The van der Waals surface area contributed by atoms with E-state index in [1.54, 1.807) is 54.5 Å². The number of hydrogen-bond acceptors (Lipinski definition) is 8. The Morgan fingerprint density at radius 2 is 2.03 bits per heavy atom. The fraction of sp³-hybridized carbons (Fsp3) is 0.190. The van der Waals surface area contributed by atoms with Crippen molar-refractivity contribution >= 4 is 35.1 Å². The van der Waals surface area contributed by atoms with Crippen LogP contribution in [0.2, 0.25) is 0 Å². The van der Waals surface area contributed by atoms with Crippen LogP contribution >= 0.6 is 0 Å². The summed E-state index contributed by atoms with van der Waals surface area (Å²) in [5.41, 5.74) is 1.21. The molecule has 0 saturated heterocycles. The second-order valence-electron chi connectivity index (χ2n) is 6.99. The quantitative estimate of drug-likeness (QED) is 0.460. The number of aryl methyl sites for hydroxylation is 1. The number of anilines is 4. The van der Waals surface area contributed by atoms with E-state index in [0.717, 1.165) is 0 Å². The lowest BCUT2D eigenvalue weighted by atomic mass is 10.3. The lowest BCUT2D eigenvalue weighted by molar-refractivity contribution is -0.111. The van der Waals surface area contributed by atoms with E-state index in [0.29, 0.717) is 23.9 Å². The highest BCUT2D eigenvalue weighted by atomic mass is 16.6. The van der Waals surface area contributed by atoms with Crippen LogP contribution in [-0.4, -0.2) is 57.3 Å². The first-order valence-electron chi connectivity index (χ1n) is 9.67. The van der Waals surface area contributed by atoms with Gasteiger partial charge in [-0.2, -0.15) is 10.1 Å². The number of hydrogen-bond donors (Lipinski definition) is 3. The van der Waals surface area contributed by atoms with Crippen molar-refractivity contribution in [2.24, 2.45) is 7.05 Å². The second-order valence-corrected chi connectivity index (χ2v) is 6.99. The van der Waals surface area contributed by atoms with Crippen LogP contribution in [0.3, 0.4) is 0 Å². The van der Waals surface area contributed by atoms with Crippen LogP contribution in [-0.2, 0) is 11.8 Å². The molecule has 0 aliphatic heterocycles. The molecular weight excluding hydrogens is 412 g/mol. The highest BCUT2D eigenvalue weighted by Crippen LogP contribution is 2.18. The summed E-state index contributed by atoms with van der Waals surface area (Å²) in [6.07, 6.45) is 7.37. The monoisotopic (exact) mass is 436 g/mol. The second kappa shape index (κ2) is 10.7. The summed E-state index contributed by atoms with van der Waals surface area (Å²) >= 11 is 0. The minimum absolute atomic E-state index is 0.256. The van der Waals surface area contributed by atoms with Crippen LogP contribution < -0.4 is 20.7 Å². The number of aromatic nitrogens is 4. The van der Waals surface area contributed by atoms with E-state index in [-0.39, 0.29) is 17.5 Å². The van der Waals surface area contributed by atoms with E-state index in [1.165, 1.54) is 18.3 Å².